The lowest BCUT2D eigenvalue weighted by Gasteiger charge is -2.11. The molecule has 112 valence electrons. The number of nitrogens with zero attached hydrogens (tertiary/aromatic N) is 2. The van der Waals surface area contributed by atoms with Crippen molar-refractivity contribution in [3.63, 3.8) is 0 Å². The quantitative estimate of drug-likeness (QED) is 0.774. The van der Waals surface area contributed by atoms with E-state index in [0.29, 0.717) is 22.4 Å². The summed E-state index contributed by atoms with van der Waals surface area (Å²) < 4.78 is 19.1. The molecule has 22 heavy (non-hydrogen) atoms. The Labute approximate surface area is 126 Å². The van der Waals surface area contributed by atoms with Crippen molar-refractivity contribution in [3.8, 4) is 11.8 Å². The summed E-state index contributed by atoms with van der Waals surface area (Å²) in [6.45, 7) is 1.82. The summed E-state index contributed by atoms with van der Waals surface area (Å²) >= 11 is 0. The maximum absolute atomic E-state index is 14.0. The van der Waals surface area contributed by atoms with Gasteiger partial charge in [0.25, 0.3) is 0 Å². The summed E-state index contributed by atoms with van der Waals surface area (Å²) in [5.41, 5.74) is 1.64. The molecule has 2 aromatic carbocycles. The molecule has 0 aliphatic carbocycles. The molecule has 0 amide bonds. The molecule has 0 radical (unpaired) electrons. The molecule has 0 bridgehead atoms. The van der Waals surface area contributed by atoms with Gasteiger partial charge in [-0.05, 0) is 36.8 Å². The molecule has 0 aliphatic heterocycles. The lowest BCUT2D eigenvalue weighted by atomic mass is 10.2. The number of phenols is 1. The van der Waals surface area contributed by atoms with Crippen LogP contribution in [0.15, 0.2) is 36.4 Å². The van der Waals surface area contributed by atoms with Crippen LogP contribution in [-0.4, -0.2) is 22.2 Å². The molecular weight excluding hydrogens is 285 g/mol. The maximum atomic E-state index is 14.0. The SMILES string of the molecule is COc1nc(Nc2ccc(C)cc2F)c2ccc(O)cc2n1. The van der Waals surface area contributed by atoms with E-state index in [1.807, 2.05) is 6.92 Å². The van der Waals surface area contributed by atoms with Crippen LogP contribution in [0.4, 0.5) is 15.9 Å². The fourth-order valence-corrected chi connectivity index (χ4v) is 2.13. The largest absolute Gasteiger partial charge is 0.508 e. The third-order valence-electron chi connectivity index (χ3n) is 3.22. The van der Waals surface area contributed by atoms with E-state index in [2.05, 4.69) is 15.3 Å². The van der Waals surface area contributed by atoms with Gasteiger partial charge in [0.05, 0.1) is 18.3 Å². The number of hydrogen-bond donors (Lipinski definition) is 2. The number of nitrogens with one attached hydrogen (secondary N) is 1. The van der Waals surface area contributed by atoms with Crippen LogP contribution in [0.3, 0.4) is 0 Å². The summed E-state index contributed by atoms with van der Waals surface area (Å²) in [7, 11) is 1.44. The molecule has 0 fully saturated rings. The number of benzene rings is 2. The fourth-order valence-electron chi connectivity index (χ4n) is 2.13. The minimum absolute atomic E-state index is 0.0840. The third-order valence-corrected chi connectivity index (χ3v) is 3.22. The van der Waals surface area contributed by atoms with E-state index in [9.17, 15) is 9.50 Å². The van der Waals surface area contributed by atoms with E-state index in [0.717, 1.165) is 5.56 Å². The Bertz CT molecular complexity index is 852. The van der Waals surface area contributed by atoms with Gasteiger partial charge in [0, 0.05) is 11.5 Å². The first-order valence-corrected chi connectivity index (χ1v) is 6.65. The zero-order valence-electron chi connectivity index (χ0n) is 12.1. The number of fused-ring (bicyclic) bond motifs is 1. The number of hydrogen-bond acceptors (Lipinski definition) is 5. The van der Waals surface area contributed by atoms with Gasteiger partial charge < -0.3 is 15.2 Å². The van der Waals surface area contributed by atoms with Crippen LogP contribution in [0.5, 0.6) is 11.8 Å². The Hall–Kier alpha value is -2.89. The smallest absolute Gasteiger partial charge is 0.318 e. The summed E-state index contributed by atoms with van der Waals surface area (Å²) in [4.78, 5) is 8.38. The van der Waals surface area contributed by atoms with Gasteiger partial charge in [-0.3, -0.25) is 0 Å². The number of rotatable bonds is 3. The van der Waals surface area contributed by atoms with Gasteiger partial charge in [-0.2, -0.15) is 9.97 Å². The number of aromatic nitrogens is 2. The molecule has 3 rings (SSSR count). The van der Waals surface area contributed by atoms with Crippen molar-refractivity contribution in [2.75, 3.05) is 12.4 Å². The Kier molecular flexibility index (Phi) is 3.50. The topological polar surface area (TPSA) is 67.3 Å². The predicted molar refractivity (Wildman–Crippen MR) is 82.2 cm³/mol. The normalized spacial score (nSPS) is 10.7. The van der Waals surface area contributed by atoms with Crippen molar-refractivity contribution in [1.29, 1.82) is 0 Å². The highest BCUT2D eigenvalue weighted by Crippen LogP contribution is 2.29. The lowest BCUT2D eigenvalue weighted by Crippen LogP contribution is -2.01. The number of aromatic hydroxyl groups is 1. The number of aryl methyl sites for hydroxylation is 1. The van der Waals surface area contributed by atoms with Crippen molar-refractivity contribution >= 4 is 22.4 Å². The fraction of sp³-hybridized carbons (Fsp3) is 0.125. The molecule has 0 saturated heterocycles. The molecule has 6 heteroatoms. The van der Waals surface area contributed by atoms with Gasteiger partial charge in [0.15, 0.2) is 0 Å². The number of methoxy groups -OCH3 is 1. The Balaban J connectivity index is 2.12. The van der Waals surface area contributed by atoms with Crippen LogP contribution < -0.4 is 10.1 Å². The van der Waals surface area contributed by atoms with E-state index in [1.54, 1.807) is 18.2 Å². The molecule has 5 nitrogen and oxygen atoms in total. The van der Waals surface area contributed by atoms with E-state index in [-0.39, 0.29) is 17.6 Å². The van der Waals surface area contributed by atoms with Crippen LogP contribution in [-0.2, 0) is 0 Å². The van der Waals surface area contributed by atoms with Crippen LogP contribution in [0.25, 0.3) is 10.9 Å². The Morgan fingerprint density at radius 3 is 2.68 bits per heavy atom. The molecule has 2 N–H and O–H groups in total. The standard InChI is InChI=1S/C16H14FN3O2/c1-9-3-6-13(12(17)7-9)18-15-11-5-4-10(21)8-14(11)19-16(20-15)22-2/h3-8,21H,1-2H3,(H,18,19,20). The number of halogens is 1. The Morgan fingerprint density at radius 1 is 1.14 bits per heavy atom. The highest BCUT2D eigenvalue weighted by Gasteiger charge is 2.11. The van der Waals surface area contributed by atoms with E-state index in [1.165, 1.54) is 25.3 Å². The second-order valence-corrected chi connectivity index (χ2v) is 4.87. The first-order valence-electron chi connectivity index (χ1n) is 6.65. The van der Waals surface area contributed by atoms with E-state index in [4.69, 9.17) is 4.74 Å². The predicted octanol–water partition coefficient (Wildman–Crippen LogP) is 3.54. The zero-order valence-corrected chi connectivity index (χ0v) is 12.1. The average molecular weight is 299 g/mol. The Morgan fingerprint density at radius 2 is 1.95 bits per heavy atom. The van der Waals surface area contributed by atoms with Crippen LogP contribution in [0, 0.1) is 12.7 Å². The second-order valence-electron chi connectivity index (χ2n) is 4.87. The summed E-state index contributed by atoms with van der Waals surface area (Å²) in [5.74, 6) is 0.120. The van der Waals surface area contributed by atoms with Gasteiger partial charge in [0.2, 0.25) is 0 Å². The number of anilines is 2. The summed E-state index contributed by atoms with van der Waals surface area (Å²) in [5, 5.41) is 13.2. The number of phenolic OH excluding ortho intramolecular Hbond substituents is 1. The minimum Gasteiger partial charge on any atom is -0.508 e. The van der Waals surface area contributed by atoms with Crippen LogP contribution >= 0.6 is 0 Å². The average Bonchev–Trinajstić information content (AvgIpc) is 2.49. The minimum atomic E-state index is -0.371. The lowest BCUT2D eigenvalue weighted by molar-refractivity contribution is 0.382. The number of ether oxygens (including phenoxy) is 1. The summed E-state index contributed by atoms with van der Waals surface area (Å²) in [6, 6.07) is 9.70. The second kappa shape index (κ2) is 5.48. The van der Waals surface area contributed by atoms with Crippen LogP contribution in [0.2, 0.25) is 0 Å². The third kappa shape index (κ3) is 2.63. The molecule has 3 aromatic rings. The molecule has 1 heterocycles. The molecule has 0 unspecified atom stereocenters. The molecule has 0 aliphatic rings. The van der Waals surface area contributed by atoms with Crippen LogP contribution in [0.1, 0.15) is 5.56 Å². The van der Waals surface area contributed by atoms with Crippen molar-refractivity contribution in [2.24, 2.45) is 0 Å². The van der Waals surface area contributed by atoms with Gasteiger partial charge in [-0.1, -0.05) is 6.07 Å². The van der Waals surface area contributed by atoms with Gasteiger partial charge in [-0.15, -0.1) is 0 Å². The highest BCUT2D eigenvalue weighted by molar-refractivity contribution is 5.91. The van der Waals surface area contributed by atoms with Crippen molar-refractivity contribution in [2.45, 2.75) is 6.92 Å². The van der Waals surface area contributed by atoms with E-state index < -0.39 is 0 Å². The molecule has 0 saturated carbocycles. The van der Waals surface area contributed by atoms with Gasteiger partial charge in [-0.25, -0.2) is 4.39 Å². The van der Waals surface area contributed by atoms with Crippen molar-refractivity contribution in [3.05, 3.63) is 47.8 Å². The first-order chi connectivity index (χ1) is 10.6. The van der Waals surface area contributed by atoms with Crippen molar-refractivity contribution in [1.82, 2.24) is 9.97 Å². The molecular formula is C16H14FN3O2. The highest BCUT2D eigenvalue weighted by atomic mass is 19.1. The van der Waals surface area contributed by atoms with Gasteiger partial charge >= 0.3 is 6.01 Å². The molecule has 1 aromatic heterocycles. The van der Waals surface area contributed by atoms with E-state index >= 15 is 0 Å². The van der Waals surface area contributed by atoms with Crippen molar-refractivity contribution < 1.29 is 14.2 Å². The first kappa shape index (κ1) is 14.1. The monoisotopic (exact) mass is 299 g/mol. The molecule has 0 atom stereocenters. The van der Waals surface area contributed by atoms with Gasteiger partial charge in [0.1, 0.15) is 17.4 Å². The molecule has 0 spiro atoms. The summed E-state index contributed by atoms with van der Waals surface area (Å²) in [6.07, 6.45) is 0. The maximum Gasteiger partial charge on any atom is 0.318 e. The zero-order chi connectivity index (χ0) is 15.7.